The Hall–Kier alpha value is -2.84. The van der Waals surface area contributed by atoms with Crippen LogP contribution in [0.2, 0.25) is 0 Å². The van der Waals surface area contributed by atoms with Crippen LogP contribution in [0.1, 0.15) is 28.5 Å². The van der Waals surface area contributed by atoms with Crippen LogP contribution >= 0.6 is 0 Å². The number of nitrogens with zero attached hydrogens (tertiary/aromatic N) is 4. The van der Waals surface area contributed by atoms with Crippen LogP contribution in [0.5, 0.6) is 11.5 Å². The van der Waals surface area contributed by atoms with Gasteiger partial charge in [-0.1, -0.05) is 0 Å². The molecule has 166 valence electrons. The van der Waals surface area contributed by atoms with Crippen molar-refractivity contribution in [2.24, 2.45) is 0 Å². The van der Waals surface area contributed by atoms with Crippen LogP contribution in [0.4, 0.5) is 0 Å². The number of aryl methyl sites for hydroxylation is 3. The molecule has 8 heteroatoms. The Labute approximate surface area is 182 Å². The molecule has 31 heavy (non-hydrogen) atoms. The lowest BCUT2D eigenvalue weighted by molar-refractivity contribution is 0.114. The Balaban J connectivity index is 1.33. The molecule has 3 heterocycles. The van der Waals surface area contributed by atoms with Gasteiger partial charge in [-0.15, -0.1) is 10.2 Å². The van der Waals surface area contributed by atoms with Crippen LogP contribution in [0, 0.1) is 20.8 Å². The summed E-state index contributed by atoms with van der Waals surface area (Å²) in [6.07, 6.45) is 0. The van der Waals surface area contributed by atoms with Gasteiger partial charge in [-0.2, -0.15) is 0 Å². The van der Waals surface area contributed by atoms with Gasteiger partial charge >= 0.3 is 0 Å². The highest BCUT2D eigenvalue weighted by Gasteiger charge is 2.21. The van der Waals surface area contributed by atoms with E-state index in [0.717, 1.165) is 61.3 Å². The van der Waals surface area contributed by atoms with Crippen molar-refractivity contribution in [3.8, 4) is 23.0 Å². The van der Waals surface area contributed by atoms with E-state index in [-0.39, 0.29) is 0 Å². The molecule has 3 aromatic rings. The zero-order valence-corrected chi connectivity index (χ0v) is 18.9. The summed E-state index contributed by atoms with van der Waals surface area (Å²) in [4.78, 5) is 4.81. The fraction of sp³-hybridized carbons (Fsp3) is 0.478. The van der Waals surface area contributed by atoms with Crippen LogP contribution in [-0.4, -0.2) is 60.4 Å². The monoisotopic (exact) mass is 426 g/mol. The average molecular weight is 427 g/mol. The third kappa shape index (κ3) is 4.75. The Morgan fingerprint density at radius 3 is 2.10 bits per heavy atom. The molecule has 0 amide bonds. The lowest BCUT2D eigenvalue weighted by Crippen LogP contribution is -2.45. The van der Waals surface area contributed by atoms with E-state index in [1.54, 1.807) is 14.2 Å². The van der Waals surface area contributed by atoms with Gasteiger partial charge in [0.2, 0.25) is 5.89 Å². The molecule has 4 rings (SSSR count). The Kier molecular flexibility index (Phi) is 6.29. The Morgan fingerprint density at radius 1 is 0.839 bits per heavy atom. The SMILES string of the molecule is COc1cc(C)c(CN2CCN(Cc3nnc(-c4cc(C)oc4C)o3)CC2)cc1OC. The van der Waals surface area contributed by atoms with Crippen molar-refractivity contribution in [1.82, 2.24) is 20.0 Å². The summed E-state index contributed by atoms with van der Waals surface area (Å²) in [5.74, 6) is 4.34. The van der Waals surface area contributed by atoms with Gasteiger partial charge in [0, 0.05) is 32.7 Å². The normalized spacial score (nSPS) is 15.4. The second-order valence-electron chi connectivity index (χ2n) is 8.01. The van der Waals surface area contributed by atoms with Crippen LogP contribution in [0.3, 0.4) is 0 Å². The van der Waals surface area contributed by atoms with Crippen molar-refractivity contribution < 1.29 is 18.3 Å². The minimum Gasteiger partial charge on any atom is -0.493 e. The predicted molar refractivity (Wildman–Crippen MR) is 116 cm³/mol. The van der Waals surface area contributed by atoms with Crippen molar-refractivity contribution in [3.05, 3.63) is 46.7 Å². The first-order valence-corrected chi connectivity index (χ1v) is 10.5. The molecule has 2 aromatic heterocycles. The van der Waals surface area contributed by atoms with Crippen molar-refractivity contribution in [3.63, 3.8) is 0 Å². The number of aromatic nitrogens is 2. The summed E-state index contributed by atoms with van der Waals surface area (Å²) in [6.45, 7) is 11.4. The van der Waals surface area contributed by atoms with Gasteiger partial charge < -0.3 is 18.3 Å². The number of benzene rings is 1. The quantitative estimate of drug-likeness (QED) is 0.567. The third-order valence-electron chi connectivity index (χ3n) is 5.80. The zero-order valence-electron chi connectivity index (χ0n) is 18.9. The summed E-state index contributed by atoms with van der Waals surface area (Å²) in [6, 6.07) is 6.06. The molecule has 1 fully saturated rings. The minimum atomic E-state index is 0.520. The van der Waals surface area contributed by atoms with Gasteiger partial charge in [0.1, 0.15) is 11.5 Å². The molecule has 1 aromatic carbocycles. The molecule has 0 bridgehead atoms. The van der Waals surface area contributed by atoms with Gasteiger partial charge in [0.15, 0.2) is 11.5 Å². The van der Waals surface area contributed by atoms with Crippen molar-refractivity contribution in [2.45, 2.75) is 33.9 Å². The molecule has 0 aliphatic carbocycles. The number of methoxy groups -OCH3 is 2. The van der Waals surface area contributed by atoms with Gasteiger partial charge in [0.05, 0.1) is 26.3 Å². The first-order chi connectivity index (χ1) is 15.0. The lowest BCUT2D eigenvalue weighted by Gasteiger charge is -2.34. The number of piperazine rings is 1. The van der Waals surface area contributed by atoms with E-state index < -0.39 is 0 Å². The fourth-order valence-corrected chi connectivity index (χ4v) is 4.00. The summed E-state index contributed by atoms with van der Waals surface area (Å²) >= 11 is 0. The average Bonchev–Trinajstić information content (AvgIpc) is 3.35. The number of furan rings is 1. The van der Waals surface area contributed by atoms with E-state index in [0.29, 0.717) is 18.3 Å². The van der Waals surface area contributed by atoms with E-state index in [1.807, 2.05) is 26.0 Å². The van der Waals surface area contributed by atoms with E-state index >= 15 is 0 Å². The summed E-state index contributed by atoms with van der Waals surface area (Å²) < 4.78 is 22.3. The van der Waals surface area contributed by atoms with E-state index in [1.165, 1.54) is 11.1 Å². The maximum Gasteiger partial charge on any atom is 0.251 e. The van der Waals surface area contributed by atoms with Crippen LogP contribution in [0.15, 0.2) is 27.0 Å². The number of ether oxygens (including phenoxy) is 2. The summed E-state index contributed by atoms with van der Waals surface area (Å²) in [5, 5.41) is 8.43. The van der Waals surface area contributed by atoms with E-state index in [9.17, 15) is 0 Å². The van der Waals surface area contributed by atoms with E-state index in [2.05, 4.69) is 33.0 Å². The third-order valence-corrected chi connectivity index (χ3v) is 5.80. The van der Waals surface area contributed by atoms with E-state index in [4.69, 9.17) is 18.3 Å². The van der Waals surface area contributed by atoms with Crippen LogP contribution < -0.4 is 9.47 Å². The van der Waals surface area contributed by atoms with Gasteiger partial charge in [-0.05, 0) is 50.1 Å². The molecule has 0 unspecified atom stereocenters. The highest BCUT2D eigenvalue weighted by atomic mass is 16.5. The second kappa shape index (κ2) is 9.11. The molecule has 0 spiro atoms. The number of hydrogen-bond donors (Lipinski definition) is 0. The van der Waals surface area contributed by atoms with Gasteiger partial charge in [-0.25, -0.2) is 0 Å². The standard InChI is InChI=1S/C23H30N4O4/c1-15-10-20(28-4)21(29-5)12-18(15)13-26-6-8-27(9-7-26)14-22-24-25-23(31-22)19-11-16(2)30-17(19)3/h10-12H,6-9,13-14H2,1-5H3. The molecular weight excluding hydrogens is 396 g/mol. The molecule has 8 nitrogen and oxygen atoms in total. The van der Waals surface area contributed by atoms with Crippen LogP contribution in [-0.2, 0) is 13.1 Å². The molecule has 0 radical (unpaired) electrons. The first kappa shape index (κ1) is 21.4. The Bertz CT molecular complexity index is 1030. The predicted octanol–water partition coefficient (Wildman–Crippen LogP) is 3.59. The second-order valence-corrected chi connectivity index (χ2v) is 8.01. The van der Waals surface area contributed by atoms with Crippen molar-refractivity contribution in [2.75, 3.05) is 40.4 Å². The van der Waals surface area contributed by atoms with Gasteiger partial charge in [0.25, 0.3) is 5.89 Å². The highest BCUT2D eigenvalue weighted by Crippen LogP contribution is 2.31. The van der Waals surface area contributed by atoms with Crippen molar-refractivity contribution in [1.29, 1.82) is 0 Å². The molecular formula is C23H30N4O4. The largest absolute Gasteiger partial charge is 0.493 e. The lowest BCUT2D eigenvalue weighted by atomic mass is 10.1. The smallest absolute Gasteiger partial charge is 0.251 e. The zero-order chi connectivity index (χ0) is 22.0. The minimum absolute atomic E-state index is 0.520. The summed E-state index contributed by atoms with van der Waals surface area (Å²) in [5.41, 5.74) is 3.34. The maximum absolute atomic E-state index is 5.89. The highest BCUT2D eigenvalue weighted by molar-refractivity contribution is 5.55. The number of hydrogen-bond acceptors (Lipinski definition) is 8. The molecule has 1 saturated heterocycles. The molecule has 1 aliphatic heterocycles. The topological polar surface area (TPSA) is 77.0 Å². The summed E-state index contributed by atoms with van der Waals surface area (Å²) in [7, 11) is 3.34. The first-order valence-electron chi connectivity index (χ1n) is 10.5. The molecule has 0 N–H and O–H groups in total. The molecule has 1 aliphatic rings. The van der Waals surface area contributed by atoms with Gasteiger partial charge in [-0.3, -0.25) is 9.80 Å². The maximum atomic E-state index is 5.89. The molecule has 0 atom stereocenters. The van der Waals surface area contributed by atoms with Crippen LogP contribution in [0.25, 0.3) is 11.5 Å². The Morgan fingerprint density at radius 2 is 1.48 bits per heavy atom. The fourth-order valence-electron chi connectivity index (χ4n) is 4.00. The number of rotatable bonds is 7. The molecule has 0 saturated carbocycles. The van der Waals surface area contributed by atoms with Crippen molar-refractivity contribution >= 4 is 0 Å².